The Kier molecular flexibility index (Phi) is 3.27. The van der Waals surface area contributed by atoms with E-state index in [-0.39, 0.29) is 0 Å². The minimum absolute atomic E-state index is 0.476. The molecule has 0 radical (unpaired) electrons. The number of hydrogen-bond donors (Lipinski definition) is 1. The second-order valence-corrected chi connectivity index (χ2v) is 4.21. The van der Waals surface area contributed by atoms with Gasteiger partial charge in [-0.25, -0.2) is 4.98 Å². The van der Waals surface area contributed by atoms with Crippen LogP contribution in [0.1, 0.15) is 17.1 Å². The molecule has 84 valence electrons. The van der Waals surface area contributed by atoms with E-state index < -0.39 is 0 Å². The Hall–Kier alpha value is -1.32. The van der Waals surface area contributed by atoms with Crippen LogP contribution >= 0.6 is 11.6 Å². The second kappa shape index (κ2) is 4.68. The Bertz CT molecular complexity index is 491. The Morgan fingerprint density at radius 2 is 2.25 bits per heavy atom. The summed E-state index contributed by atoms with van der Waals surface area (Å²) < 4.78 is 2.00. The molecule has 2 N–H and O–H groups in total. The first kappa shape index (κ1) is 11.2. The van der Waals surface area contributed by atoms with Gasteiger partial charge in [0.15, 0.2) is 0 Å². The molecule has 0 aliphatic rings. The van der Waals surface area contributed by atoms with Gasteiger partial charge in [0.1, 0.15) is 5.82 Å². The normalized spacial score (nSPS) is 10.7. The van der Waals surface area contributed by atoms with Crippen molar-refractivity contribution in [3.05, 3.63) is 52.6 Å². The highest BCUT2D eigenvalue weighted by Gasteiger charge is 2.05. The van der Waals surface area contributed by atoms with Gasteiger partial charge in [0.25, 0.3) is 0 Å². The van der Waals surface area contributed by atoms with E-state index in [4.69, 9.17) is 17.3 Å². The largest absolute Gasteiger partial charge is 0.337 e. The summed E-state index contributed by atoms with van der Waals surface area (Å²) in [6.45, 7) is 0.476. The van der Waals surface area contributed by atoms with Crippen molar-refractivity contribution >= 4 is 11.6 Å². The highest BCUT2D eigenvalue weighted by Crippen LogP contribution is 2.14. The summed E-state index contributed by atoms with van der Waals surface area (Å²) in [6, 6.07) is 7.82. The summed E-state index contributed by atoms with van der Waals surface area (Å²) >= 11 is 5.94. The van der Waals surface area contributed by atoms with Crippen molar-refractivity contribution in [3.8, 4) is 0 Å². The SMILES string of the molecule is Cn1cc(CN)nc1Cc1cccc(Cl)c1. The molecule has 3 nitrogen and oxygen atoms in total. The lowest BCUT2D eigenvalue weighted by Crippen LogP contribution is -1.98. The molecule has 1 aromatic carbocycles. The molecule has 1 aromatic heterocycles. The predicted molar refractivity (Wildman–Crippen MR) is 65.4 cm³/mol. The fourth-order valence-corrected chi connectivity index (χ4v) is 1.88. The lowest BCUT2D eigenvalue weighted by molar-refractivity contribution is 0.821. The third kappa shape index (κ3) is 2.43. The van der Waals surface area contributed by atoms with E-state index in [9.17, 15) is 0 Å². The number of nitrogens with zero attached hydrogens (tertiary/aromatic N) is 2. The molecule has 0 saturated carbocycles. The van der Waals surface area contributed by atoms with E-state index in [0.717, 1.165) is 28.5 Å². The molecular formula is C12H14ClN3. The van der Waals surface area contributed by atoms with Crippen LogP contribution in [0.4, 0.5) is 0 Å². The summed E-state index contributed by atoms with van der Waals surface area (Å²) in [4.78, 5) is 4.45. The molecule has 1 heterocycles. The standard InChI is InChI=1S/C12H14ClN3/c1-16-8-11(7-14)15-12(16)6-9-3-2-4-10(13)5-9/h2-5,8H,6-7,14H2,1H3. The Balaban J connectivity index is 2.23. The molecule has 0 fully saturated rings. The monoisotopic (exact) mass is 235 g/mol. The summed E-state index contributed by atoms with van der Waals surface area (Å²) in [7, 11) is 1.98. The lowest BCUT2D eigenvalue weighted by Gasteiger charge is -2.02. The first-order chi connectivity index (χ1) is 7.69. The third-order valence-corrected chi connectivity index (χ3v) is 2.72. The zero-order valence-corrected chi connectivity index (χ0v) is 9.91. The van der Waals surface area contributed by atoms with Crippen LogP contribution in [-0.4, -0.2) is 9.55 Å². The number of aromatic nitrogens is 2. The number of imidazole rings is 1. The second-order valence-electron chi connectivity index (χ2n) is 3.77. The summed E-state index contributed by atoms with van der Waals surface area (Å²) in [6.07, 6.45) is 2.73. The molecule has 0 unspecified atom stereocenters. The zero-order valence-electron chi connectivity index (χ0n) is 9.15. The molecule has 0 saturated heterocycles. The molecule has 0 amide bonds. The Morgan fingerprint density at radius 3 is 2.88 bits per heavy atom. The van der Waals surface area contributed by atoms with Crippen LogP contribution in [0.2, 0.25) is 5.02 Å². The van der Waals surface area contributed by atoms with Gasteiger partial charge in [-0.15, -0.1) is 0 Å². The van der Waals surface area contributed by atoms with Gasteiger partial charge >= 0.3 is 0 Å². The van der Waals surface area contributed by atoms with Crippen LogP contribution in [0, 0.1) is 0 Å². The van der Waals surface area contributed by atoms with Gasteiger partial charge in [-0.1, -0.05) is 23.7 Å². The fraction of sp³-hybridized carbons (Fsp3) is 0.250. The van der Waals surface area contributed by atoms with Crippen LogP contribution in [0.3, 0.4) is 0 Å². The van der Waals surface area contributed by atoms with Gasteiger partial charge < -0.3 is 10.3 Å². The number of benzene rings is 1. The molecular weight excluding hydrogens is 222 g/mol. The van der Waals surface area contributed by atoms with E-state index in [1.807, 2.05) is 42.1 Å². The van der Waals surface area contributed by atoms with Crippen molar-refractivity contribution in [3.63, 3.8) is 0 Å². The topological polar surface area (TPSA) is 43.8 Å². The molecule has 0 bridgehead atoms. The Labute approximate surface area is 99.9 Å². The predicted octanol–water partition coefficient (Wildman–Crippen LogP) is 2.12. The average molecular weight is 236 g/mol. The quantitative estimate of drug-likeness (QED) is 0.886. The van der Waals surface area contributed by atoms with Gasteiger partial charge in [0.05, 0.1) is 5.69 Å². The van der Waals surface area contributed by atoms with Crippen molar-refractivity contribution in [1.82, 2.24) is 9.55 Å². The maximum absolute atomic E-state index is 5.94. The maximum atomic E-state index is 5.94. The van der Waals surface area contributed by atoms with E-state index in [1.165, 1.54) is 0 Å². The first-order valence-corrected chi connectivity index (χ1v) is 5.52. The third-order valence-electron chi connectivity index (χ3n) is 2.48. The summed E-state index contributed by atoms with van der Waals surface area (Å²) in [5, 5.41) is 0.755. The molecule has 0 atom stereocenters. The van der Waals surface area contributed by atoms with Crippen molar-refractivity contribution in [1.29, 1.82) is 0 Å². The van der Waals surface area contributed by atoms with Crippen molar-refractivity contribution in [2.24, 2.45) is 12.8 Å². The van der Waals surface area contributed by atoms with E-state index in [1.54, 1.807) is 0 Å². The molecule has 0 spiro atoms. The van der Waals surface area contributed by atoms with Crippen molar-refractivity contribution < 1.29 is 0 Å². The molecule has 16 heavy (non-hydrogen) atoms. The molecule has 2 aromatic rings. The van der Waals surface area contributed by atoms with Crippen LogP contribution < -0.4 is 5.73 Å². The molecule has 4 heteroatoms. The minimum Gasteiger partial charge on any atom is -0.337 e. The van der Waals surface area contributed by atoms with Crippen LogP contribution in [-0.2, 0) is 20.0 Å². The highest BCUT2D eigenvalue weighted by atomic mass is 35.5. The first-order valence-electron chi connectivity index (χ1n) is 5.14. The maximum Gasteiger partial charge on any atom is 0.113 e. The number of hydrogen-bond acceptors (Lipinski definition) is 2. The van der Waals surface area contributed by atoms with Crippen LogP contribution in [0.25, 0.3) is 0 Å². The molecule has 0 aliphatic heterocycles. The van der Waals surface area contributed by atoms with E-state index >= 15 is 0 Å². The minimum atomic E-state index is 0.476. The zero-order chi connectivity index (χ0) is 11.5. The smallest absolute Gasteiger partial charge is 0.113 e. The van der Waals surface area contributed by atoms with Crippen molar-refractivity contribution in [2.45, 2.75) is 13.0 Å². The number of rotatable bonds is 3. The number of aryl methyl sites for hydroxylation is 1. The number of nitrogens with two attached hydrogens (primary N) is 1. The highest BCUT2D eigenvalue weighted by molar-refractivity contribution is 6.30. The summed E-state index contributed by atoms with van der Waals surface area (Å²) in [5.41, 5.74) is 7.63. The van der Waals surface area contributed by atoms with Gasteiger partial charge in [-0.2, -0.15) is 0 Å². The van der Waals surface area contributed by atoms with Gasteiger partial charge in [-0.3, -0.25) is 0 Å². The van der Waals surface area contributed by atoms with E-state index in [0.29, 0.717) is 6.54 Å². The van der Waals surface area contributed by atoms with Gasteiger partial charge in [0, 0.05) is 31.2 Å². The van der Waals surface area contributed by atoms with E-state index in [2.05, 4.69) is 4.98 Å². The fourth-order valence-electron chi connectivity index (χ4n) is 1.66. The molecule has 0 aliphatic carbocycles. The van der Waals surface area contributed by atoms with Gasteiger partial charge in [0.2, 0.25) is 0 Å². The lowest BCUT2D eigenvalue weighted by atomic mass is 10.1. The molecule has 2 rings (SSSR count). The van der Waals surface area contributed by atoms with Crippen molar-refractivity contribution in [2.75, 3.05) is 0 Å². The summed E-state index contributed by atoms with van der Waals surface area (Å²) in [5.74, 6) is 1.00. The van der Waals surface area contributed by atoms with Gasteiger partial charge in [-0.05, 0) is 17.7 Å². The van der Waals surface area contributed by atoms with Crippen LogP contribution in [0.15, 0.2) is 30.5 Å². The number of halogens is 1. The average Bonchev–Trinajstić information content (AvgIpc) is 2.60. The van der Waals surface area contributed by atoms with Crippen LogP contribution in [0.5, 0.6) is 0 Å². The Morgan fingerprint density at radius 1 is 1.44 bits per heavy atom.